The van der Waals surface area contributed by atoms with Crippen LogP contribution < -0.4 is 9.47 Å². The van der Waals surface area contributed by atoms with Crippen LogP contribution in [0, 0.1) is 10.1 Å². The van der Waals surface area contributed by atoms with Crippen LogP contribution in [0.3, 0.4) is 0 Å². The van der Waals surface area contributed by atoms with E-state index in [-0.39, 0.29) is 36.9 Å². The van der Waals surface area contributed by atoms with Gasteiger partial charge in [0.2, 0.25) is 0 Å². The van der Waals surface area contributed by atoms with E-state index >= 15 is 0 Å². The number of hydrogen-bond donors (Lipinski definition) is 0. The smallest absolute Gasteiger partial charge is 0.414 e. The Labute approximate surface area is 169 Å². The molecule has 0 bridgehead atoms. The van der Waals surface area contributed by atoms with Gasteiger partial charge in [-0.2, -0.15) is 8.78 Å². The molecule has 0 amide bonds. The Bertz CT molecular complexity index is 1020. The molecule has 1 atom stereocenters. The van der Waals surface area contributed by atoms with Gasteiger partial charge in [-0.3, -0.25) is 9.55 Å². The van der Waals surface area contributed by atoms with Crippen molar-refractivity contribution in [3.63, 3.8) is 0 Å². The minimum absolute atomic E-state index is 0.0832. The van der Waals surface area contributed by atoms with E-state index in [0.717, 1.165) is 11.1 Å². The van der Waals surface area contributed by atoms with E-state index < -0.39 is 11.5 Å². The molecule has 156 valence electrons. The molecular formula is C19H16F2N4O5. The molecule has 0 radical (unpaired) electrons. The molecule has 0 spiro atoms. The fraction of sp³-hybridized carbons (Fsp3) is 0.263. The first-order chi connectivity index (χ1) is 14.5. The molecule has 2 aromatic heterocycles. The van der Waals surface area contributed by atoms with E-state index in [9.17, 15) is 18.9 Å². The minimum atomic E-state index is -2.86. The molecule has 30 heavy (non-hydrogen) atoms. The zero-order valence-corrected chi connectivity index (χ0v) is 15.5. The molecule has 1 aromatic carbocycles. The Morgan fingerprint density at radius 2 is 2.07 bits per heavy atom. The molecule has 1 aliphatic rings. The Morgan fingerprint density at radius 3 is 2.73 bits per heavy atom. The molecular weight excluding hydrogens is 402 g/mol. The third-order valence-electron chi connectivity index (χ3n) is 4.40. The summed E-state index contributed by atoms with van der Waals surface area (Å²) in [5.41, 5.74) is 2.27. The maximum absolute atomic E-state index is 12.2. The summed E-state index contributed by atoms with van der Waals surface area (Å²) in [5.74, 6) is -0.181. The quantitative estimate of drug-likeness (QED) is 0.428. The van der Waals surface area contributed by atoms with Crippen LogP contribution in [0.4, 0.5) is 14.6 Å². The van der Waals surface area contributed by atoms with Gasteiger partial charge >= 0.3 is 18.4 Å². The van der Waals surface area contributed by atoms with Gasteiger partial charge in [0.1, 0.15) is 24.7 Å². The molecule has 0 unspecified atom stereocenters. The van der Waals surface area contributed by atoms with E-state index in [1.807, 2.05) is 6.07 Å². The number of benzene rings is 1. The van der Waals surface area contributed by atoms with Crippen LogP contribution in [0.15, 0.2) is 48.8 Å². The standard InChI is InChI=1S/C19H16F2N4O5/c20-18(21)30-14-4-2-13(3-5-14)16-6-1-12(7-22-16)10-28-15-8-24-9-17(25(26)27)23-19(24)29-11-15/h1-7,9,15,18H,8,10-11H2/t15-/m1/s1. The molecule has 1 aliphatic heterocycles. The summed E-state index contributed by atoms with van der Waals surface area (Å²) in [5, 5.41) is 10.8. The Hall–Kier alpha value is -3.60. The first-order valence-corrected chi connectivity index (χ1v) is 8.94. The molecule has 0 N–H and O–H groups in total. The lowest BCUT2D eigenvalue weighted by Crippen LogP contribution is -2.32. The fourth-order valence-corrected chi connectivity index (χ4v) is 2.96. The zero-order valence-electron chi connectivity index (χ0n) is 15.5. The van der Waals surface area contributed by atoms with Crippen molar-refractivity contribution < 1.29 is 27.9 Å². The van der Waals surface area contributed by atoms with Crippen LogP contribution in [0.5, 0.6) is 11.8 Å². The Morgan fingerprint density at radius 1 is 1.27 bits per heavy atom. The van der Waals surface area contributed by atoms with Gasteiger partial charge in [0.25, 0.3) is 0 Å². The van der Waals surface area contributed by atoms with Gasteiger partial charge in [-0.05, 0) is 40.8 Å². The first kappa shape index (κ1) is 19.7. The lowest BCUT2D eigenvalue weighted by Gasteiger charge is -2.22. The Kier molecular flexibility index (Phi) is 5.53. The normalized spacial score (nSPS) is 15.5. The number of nitro groups is 1. The second-order valence-electron chi connectivity index (χ2n) is 6.49. The number of pyridine rings is 1. The van der Waals surface area contributed by atoms with Crippen molar-refractivity contribution >= 4 is 5.82 Å². The van der Waals surface area contributed by atoms with Crippen LogP contribution in [-0.4, -0.2) is 38.8 Å². The number of imidazole rings is 1. The molecule has 3 heterocycles. The number of fused-ring (bicyclic) bond motifs is 1. The molecule has 4 rings (SSSR count). The summed E-state index contributed by atoms with van der Waals surface area (Å²) in [6.45, 7) is -1.94. The molecule has 3 aromatic rings. The van der Waals surface area contributed by atoms with Crippen molar-refractivity contribution in [2.75, 3.05) is 6.61 Å². The average molecular weight is 418 g/mol. The summed E-state index contributed by atoms with van der Waals surface area (Å²) in [6, 6.07) is 10.1. The van der Waals surface area contributed by atoms with E-state index in [2.05, 4.69) is 14.7 Å². The molecule has 11 heteroatoms. The largest absolute Gasteiger partial charge is 0.443 e. The molecule has 0 saturated heterocycles. The molecule has 0 saturated carbocycles. The number of halogens is 2. The maximum atomic E-state index is 12.2. The zero-order chi connectivity index (χ0) is 21.1. The number of aromatic nitrogens is 3. The highest BCUT2D eigenvalue weighted by molar-refractivity contribution is 5.60. The van der Waals surface area contributed by atoms with Gasteiger partial charge in [-0.15, -0.1) is 0 Å². The molecule has 9 nitrogen and oxygen atoms in total. The molecule has 0 aliphatic carbocycles. The predicted octanol–water partition coefficient (Wildman–Crippen LogP) is 3.43. The Balaban J connectivity index is 1.33. The number of nitrogens with zero attached hydrogens (tertiary/aromatic N) is 4. The SMILES string of the molecule is O=[N+]([O-])c1cn2c(n1)OC[C@H](OCc1ccc(-c3ccc(OC(F)F)cc3)nc1)C2. The molecule has 0 fully saturated rings. The van der Waals surface area contributed by atoms with Gasteiger partial charge in [-0.1, -0.05) is 6.07 Å². The lowest BCUT2D eigenvalue weighted by atomic mass is 10.1. The van der Waals surface area contributed by atoms with Crippen LogP contribution in [0.1, 0.15) is 5.56 Å². The van der Waals surface area contributed by atoms with E-state index in [1.165, 1.54) is 18.3 Å². The maximum Gasteiger partial charge on any atom is 0.414 e. The number of alkyl halides is 2. The minimum Gasteiger partial charge on any atom is -0.443 e. The van der Waals surface area contributed by atoms with E-state index in [1.54, 1.807) is 29.0 Å². The van der Waals surface area contributed by atoms with Crippen molar-refractivity contribution in [3.8, 4) is 23.0 Å². The van der Waals surface area contributed by atoms with E-state index in [0.29, 0.717) is 12.2 Å². The van der Waals surface area contributed by atoms with Crippen LogP contribution in [0.2, 0.25) is 0 Å². The van der Waals surface area contributed by atoms with Gasteiger partial charge in [0.05, 0.1) is 18.8 Å². The summed E-state index contributed by atoms with van der Waals surface area (Å²) in [6.07, 6.45) is 2.70. The highest BCUT2D eigenvalue weighted by atomic mass is 19.3. The summed E-state index contributed by atoms with van der Waals surface area (Å²) in [4.78, 5) is 18.4. The second kappa shape index (κ2) is 8.41. The van der Waals surface area contributed by atoms with Gasteiger partial charge in [-0.25, -0.2) is 0 Å². The lowest BCUT2D eigenvalue weighted by molar-refractivity contribution is -0.389. The number of hydrogen-bond acceptors (Lipinski definition) is 7. The van der Waals surface area contributed by atoms with Crippen molar-refractivity contribution in [3.05, 3.63) is 64.5 Å². The third kappa shape index (κ3) is 4.51. The second-order valence-corrected chi connectivity index (χ2v) is 6.49. The van der Waals surface area contributed by atoms with E-state index in [4.69, 9.17) is 9.47 Å². The summed E-state index contributed by atoms with van der Waals surface area (Å²) in [7, 11) is 0. The van der Waals surface area contributed by atoms with Gasteiger partial charge in [0.15, 0.2) is 0 Å². The average Bonchev–Trinajstić information content (AvgIpc) is 3.17. The van der Waals surface area contributed by atoms with Crippen molar-refractivity contribution in [2.45, 2.75) is 25.9 Å². The van der Waals surface area contributed by atoms with Gasteiger partial charge in [0, 0.05) is 16.7 Å². The summed E-state index contributed by atoms with van der Waals surface area (Å²) < 4.78 is 41.6. The van der Waals surface area contributed by atoms with Crippen molar-refractivity contribution in [2.24, 2.45) is 0 Å². The highest BCUT2D eigenvalue weighted by Crippen LogP contribution is 2.24. The van der Waals surface area contributed by atoms with Crippen LogP contribution >= 0.6 is 0 Å². The fourth-order valence-electron chi connectivity index (χ4n) is 2.96. The van der Waals surface area contributed by atoms with Crippen LogP contribution in [-0.2, 0) is 17.9 Å². The van der Waals surface area contributed by atoms with Crippen LogP contribution in [0.25, 0.3) is 11.3 Å². The topological polar surface area (TPSA) is 102 Å². The monoisotopic (exact) mass is 418 g/mol. The van der Waals surface area contributed by atoms with Crippen molar-refractivity contribution in [1.29, 1.82) is 0 Å². The first-order valence-electron chi connectivity index (χ1n) is 8.94. The summed E-state index contributed by atoms with van der Waals surface area (Å²) >= 11 is 0. The highest BCUT2D eigenvalue weighted by Gasteiger charge is 2.28. The predicted molar refractivity (Wildman–Crippen MR) is 99.3 cm³/mol. The third-order valence-corrected chi connectivity index (χ3v) is 4.40. The van der Waals surface area contributed by atoms with Crippen molar-refractivity contribution in [1.82, 2.24) is 14.5 Å². The number of ether oxygens (including phenoxy) is 3. The van der Waals surface area contributed by atoms with Gasteiger partial charge < -0.3 is 24.3 Å². The number of rotatable bonds is 7.